The normalized spacial score (nSPS) is 12.2. The highest BCUT2D eigenvalue weighted by Gasteiger charge is 1.98. The zero-order chi connectivity index (χ0) is 12.1. The highest BCUT2D eigenvalue weighted by Crippen LogP contribution is 2.24. The molecule has 1 aromatic carbocycles. The van der Waals surface area contributed by atoms with Crippen LogP contribution in [-0.4, -0.2) is 12.6 Å². The van der Waals surface area contributed by atoms with E-state index >= 15 is 0 Å². The molecule has 1 N–H and O–H groups in total. The van der Waals surface area contributed by atoms with Crippen molar-refractivity contribution in [3.05, 3.63) is 38.3 Å². The Hall–Kier alpha value is -0.120. The van der Waals surface area contributed by atoms with E-state index in [9.17, 15) is 0 Å². The first kappa shape index (κ1) is 13.9. The molecule has 0 bridgehead atoms. The number of benzene rings is 1. The second kappa shape index (κ2) is 6.58. The van der Waals surface area contributed by atoms with Crippen LogP contribution in [0.4, 0.5) is 0 Å². The molecular formula is C13H17Br2N. The molecular weight excluding hydrogens is 330 g/mol. The van der Waals surface area contributed by atoms with Gasteiger partial charge in [0.1, 0.15) is 0 Å². The topological polar surface area (TPSA) is 12.0 Å². The summed E-state index contributed by atoms with van der Waals surface area (Å²) in [6.45, 7) is 7.39. The Morgan fingerprint density at radius 2 is 2.00 bits per heavy atom. The lowest BCUT2D eigenvalue weighted by Gasteiger charge is -2.08. The lowest BCUT2D eigenvalue weighted by Crippen LogP contribution is -2.24. The Bertz CT molecular complexity index is 384. The fraction of sp³-hybridized carbons (Fsp3) is 0.385. The molecule has 0 aliphatic rings. The van der Waals surface area contributed by atoms with E-state index in [0.717, 1.165) is 15.5 Å². The van der Waals surface area contributed by atoms with Gasteiger partial charge in [-0.15, -0.1) is 0 Å². The molecule has 0 atom stereocenters. The summed E-state index contributed by atoms with van der Waals surface area (Å²) in [5, 5.41) is 3.40. The molecule has 0 spiro atoms. The number of hydrogen-bond acceptors (Lipinski definition) is 1. The average Bonchev–Trinajstić information content (AvgIpc) is 2.21. The van der Waals surface area contributed by atoms with Crippen molar-refractivity contribution in [2.45, 2.75) is 26.8 Å². The highest BCUT2D eigenvalue weighted by molar-refractivity contribution is 9.13. The van der Waals surface area contributed by atoms with Crippen molar-refractivity contribution in [2.24, 2.45) is 0 Å². The minimum absolute atomic E-state index is 0.528. The Kier molecular flexibility index (Phi) is 5.73. The smallest absolute Gasteiger partial charge is 0.0323 e. The van der Waals surface area contributed by atoms with Gasteiger partial charge < -0.3 is 5.32 Å². The molecule has 1 aromatic rings. The maximum absolute atomic E-state index is 3.51. The molecule has 0 saturated heterocycles. The van der Waals surface area contributed by atoms with Crippen molar-refractivity contribution in [1.82, 2.24) is 5.32 Å². The highest BCUT2D eigenvalue weighted by atomic mass is 79.9. The molecule has 0 aromatic heterocycles. The predicted octanol–water partition coefficient (Wildman–Crippen LogP) is 4.61. The van der Waals surface area contributed by atoms with Gasteiger partial charge in [-0.05, 0) is 56.5 Å². The van der Waals surface area contributed by atoms with Crippen molar-refractivity contribution in [3.63, 3.8) is 0 Å². The molecule has 0 aliphatic carbocycles. The van der Waals surface area contributed by atoms with Crippen LogP contribution in [0.15, 0.2) is 32.7 Å². The summed E-state index contributed by atoms with van der Waals surface area (Å²) in [7, 11) is 0. The SMILES string of the molecule is C/C(=C\c1ccc(Br)c(Br)c1)CNC(C)C. The Labute approximate surface area is 115 Å². The van der Waals surface area contributed by atoms with E-state index in [1.165, 1.54) is 11.1 Å². The van der Waals surface area contributed by atoms with E-state index < -0.39 is 0 Å². The minimum atomic E-state index is 0.528. The molecule has 0 saturated carbocycles. The van der Waals surface area contributed by atoms with Gasteiger partial charge >= 0.3 is 0 Å². The third-order valence-electron chi connectivity index (χ3n) is 2.15. The van der Waals surface area contributed by atoms with Crippen molar-refractivity contribution in [2.75, 3.05) is 6.54 Å². The van der Waals surface area contributed by atoms with Crippen LogP contribution in [0.2, 0.25) is 0 Å². The number of nitrogens with one attached hydrogen (secondary N) is 1. The lowest BCUT2D eigenvalue weighted by atomic mass is 10.1. The van der Waals surface area contributed by atoms with Gasteiger partial charge in [-0.1, -0.05) is 31.6 Å². The van der Waals surface area contributed by atoms with Crippen LogP contribution in [-0.2, 0) is 0 Å². The zero-order valence-corrected chi connectivity index (χ0v) is 13.0. The summed E-state index contributed by atoms with van der Waals surface area (Å²) < 4.78 is 2.17. The van der Waals surface area contributed by atoms with Gasteiger partial charge in [-0.25, -0.2) is 0 Å². The fourth-order valence-electron chi connectivity index (χ4n) is 1.30. The molecule has 3 heteroatoms. The van der Waals surface area contributed by atoms with Gasteiger partial charge in [0, 0.05) is 21.5 Å². The van der Waals surface area contributed by atoms with Crippen LogP contribution in [0.5, 0.6) is 0 Å². The van der Waals surface area contributed by atoms with Crippen LogP contribution in [0.1, 0.15) is 26.3 Å². The third kappa shape index (κ3) is 4.81. The van der Waals surface area contributed by atoms with Crippen LogP contribution in [0.25, 0.3) is 6.08 Å². The molecule has 0 aliphatic heterocycles. The third-order valence-corrected chi connectivity index (χ3v) is 4.03. The van der Waals surface area contributed by atoms with Crippen LogP contribution in [0, 0.1) is 0 Å². The number of rotatable bonds is 4. The van der Waals surface area contributed by atoms with Crippen molar-refractivity contribution >= 4 is 37.9 Å². The van der Waals surface area contributed by atoms with Crippen LogP contribution in [0.3, 0.4) is 0 Å². The van der Waals surface area contributed by atoms with E-state index in [1.807, 2.05) is 0 Å². The molecule has 1 nitrogen and oxygen atoms in total. The maximum atomic E-state index is 3.51. The molecule has 0 heterocycles. The van der Waals surface area contributed by atoms with Gasteiger partial charge in [0.25, 0.3) is 0 Å². The van der Waals surface area contributed by atoms with Crippen LogP contribution < -0.4 is 5.32 Å². The van der Waals surface area contributed by atoms with E-state index in [4.69, 9.17) is 0 Å². The summed E-state index contributed by atoms with van der Waals surface area (Å²) in [6.07, 6.45) is 2.20. The standard InChI is InChI=1S/C13H17Br2N/c1-9(2)16-8-10(3)6-11-4-5-12(14)13(15)7-11/h4-7,9,16H,8H2,1-3H3/b10-6+. The number of halogens is 2. The van der Waals surface area contributed by atoms with Gasteiger partial charge in [-0.3, -0.25) is 0 Å². The lowest BCUT2D eigenvalue weighted by molar-refractivity contribution is 0.623. The Morgan fingerprint density at radius 1 is 1.31 bits per heavy atom. The Balaban J connectivity index is 2.70. The maximum Gasteiger partial charge on any atom is 0.0323 e. The molecule has 0 radical (unpaired) electrons. The van der Waals surface area contributed by atoms with E-state index in [0.29, 0.717) is 6.04 Å². The minimum Gasteiger partial charge on any atom is -0.311 e. The Morgan fingerprint density at radius 3 is 2.56 bits per heavy atom. The molecule has 0 amide bonds. The second-order valence-electron chi connectivity index (χ2n) is 4.20. The average molecular weight is 347 g/mol. The monoisotopic (exact) mass is 345 g/mol. The van der Waals surface area contributed by atoms with Crippen molar-refractivity contribution < 1.29 is 0 Å². The van der Waals surface area contributed by atoms with Crippen molar-refractivity contribution in [1.29, 1.82) is 0 Å². The quantitative estimate of drug-likeness (QED) is 0.839. The summed E-state index contributed by atoms with van der Waals surface area (Å²) in [6, 6.07) is 6.80. The molecule has 0 unspecified atom stereocenters. The van der Waals surface area contributed by atoms with E-state index in [-0.39, 0.29) is 0 Å². The predicted molar refractivity (Wildman–Crippen MR) is 78.6 cm³/mol. The molecule has 16 heavy (non-hydrogen) atoms. The summed E-state index contributed by atoms with van der Waals surface area (Å²) in [5.74, 6) is 0. The van der Waals surface area contributed by atoms with E-state index in [2.05, 4.69) is 82.2 Å². The van der Waals surface area contributed by atoms with Gasteiger partial charge in [0.15, 0.2) is 0 Å². The summed E-state index contributed by atoms with van der Waals surface area (Å²) in [4.78, 5) is 0. The van der Waals surface area contributed by atoms with E-state index in [1.54, 1.807) is 0 Å². The molecule has 0 fully saturated rings. The summed E-state index contributed by atoms with van der Waals surface area (Å²) >= 11 is 6.97. The van der Waals surface area contributed by atoms with Crippen LogP contribution >= 0.6 is 31.9 Å². The van der Waals surface area contributed by atoms with Crippen molar-refractivity contribution in [3.8, 4) is 0 Å². The van der Waals surface area contributed by atoms with Gasteiger partial charge in [-0.2, -0.15) is 0 Å². The first-order valence-electron chi connectivity index (χ1n) is 5.34. The largest absolute Gasteiger partial charge is 0.311 e. The summed E-state index contributed by atoms with van der Waals surface area (Å²) in [5.41, 5.74) is 2.56. The molecule has 88 valence electrons. The van der Waals surface area contributed by atoms with Gasteiger partial charge in [0.05, 0.1) is 0 Å². The fourth-order valence-corrected chi connectivity index (χ4v) is 1.95. The molecule has 1 rings (SSSR count). The first-order chi connectivity index (χ1) is 7.49. The zero-order valence-electron chi connectivity index (χ0n) is 9.85. The first-order valence-corrected chi connectivity index (χ1v) is 6.93. The van der Waals surface area contributed by atoms with Gasteiger partial charge in [0.2, 0.25) is 0 Å². The number of hydrogen-bond donors (Lipinski definition) is 1. The second-order valence-corrected chi connectivity index (χ2v) is 5.91.